The zero-order chi connectivity index (χ0) is 22.3. The molecule has 0 aliphatic carbocycles. The van der Waals surface area contributed by atoms with Gasteiger partial charge in [-0.3, -0.25) is 14.7 Å². The van der Waals surface area contributed by atoms with E-state index in [0.29, 0.717) is 5.56 Å². The maximum atomic E-state index is 13.6. The van der Waals surface area contributed by atoms with Gasteiger partial charge in [0.15, 0.2) is 0 Å². The largest absolute Gasteiger partial charge is 0.423 e. The van der Waals surface area contributed by atoms with Crippen molar-refractivity contribution in [3.8, 4) is 5.75 Å². The molecule has 0 N–H and O–H groups in total. The van der Waals surface area contributed by atoms with Gasteiger partial charge in [0.2, 0.25) is 0 Å². The quantitative estimate of drug-likeness (QED) is 0.127. The topological polar surface area (TPSA) is 105 Å². The smallest absolute Gasteiger partial charge is 0.369 e. The molecule has 0 heterocycles. The maximum absolute atomic E-state index is 13.6. The number of carbonyl (C=O) groups is 1. The van der Waals surface area contributed by atoms with Crippen molar-refractivity contribution in [2.24, 2.45) is 0 Å². The van der Waals surface area contributed by atoms with Crippen LogP contribution in [0.15, 0.2) is 59.9 Å². The maximum Gasteiger partial charge on any atom is 0.369 e. The van der Waals surface area contributed by atoms with Gasteiger partial charge in [0.05, 0.1) is 17.1 Å². The van der Waals surface area contributed by atoms with Crippen LogP contribution in [0.5, 0.6) is 5.75 Å². The van der Waals surface area contributed by atoms with Crippen LogP contribution in [0.4, 0.5) is 5.69 Å². The van der Waals surface area contributed by atoms with Crippen LogP contribution in [0.25, 0.3) is 6.08 Å². The summed E-state index contributed by atoms with van der Waals surface area (Å²) in [5.74, 6) is -0.637. The minimum Gasteiger partial charge on any atom is -0.423 e. The molecule has 8 nitrogen and oxygen atoms in total. The third-order valence-corrected chi connectivity index (χ3v) is 5.86. The molecule has 0 unspecified atom stereocenters. The number of para-hydroxylation sites is 1. The lowest BCUT2D eigenvalue weighted by Gasteiger charge is -2.24. The lowest BCUT2D eigenvalue weighted by molar-refractivity contribution is -0.384. The van der Waals surface area contributed by atoms with Crippen molar-refractivity contribution in [1.82, 2.24) is 0 Å². The predicted molar refractivity (Wildman–Crippen MR) is 113 cm³/mol. The van der Waals surface area contributed by atoms with E-state index in [1.54, 1.807) is 58.0 Å². The van der Waals surface area contributed by atoms with Crippen LogP contribution in [0.2, 0.25) is 0 Å². The zero-order valence-corrected chi connectivity index (χ0v) is 18.1. The Bertz CT molecular complexity index is 939. The van der Waals surface area contributed by atoms with Crippen molar-refractivity contribution in [3.05, 3.63) is 75.6 Å². The number of nitro groups is 1. The standard InChI is InChI=1S/C21H24NO7P/c1-15(2)28-30(26,29-16(3)4)20(21(23)27-19-8-6-5-7-9-19)14-17-10-12-18(13-11-17)22(24)25/h5-16H,1-4H3/b20-14+. The number of benzene rings is 2. The molecule has 0 amide bonds. The van der Waals surface area contributed by atoms with Gasteiger partial charge in [-0.2, -0.15) is 0 Å². The lowest BCUT2D eigenvalue weighted by atomic mass is 10.2. The van der Waals surface area contributed by atoms with E-state index < -0.39 is 30.7 Å². The minimum absolute atomic E-state index is 0.111. The van der Waals surface area contributed by atoms with Gasteiger partial charge in [-0.05, 0) is 63.6 Å². The Labute approximate surface area is 175 Å². The molecule has 0 aliphatic rings. The Morgan fingerprint density at radius 3 is 1.97 bits per heavy atom. The van der Waals surface area contributed by atoms with Crippen LogP contribution in [-0.2, 0) is 18.4 Å². The summed E-state index contributed by atoms with van der Waals surface area (Å²) in [4.78, 5) is 23.3. The fourth-order valence-corrected chi connectivity index (χ4v) is 4.40. The van der Waals surface area contributed by atoms with Crippen LogP contribution < -0.4 is 4.74 Å². The summed E-state index contributed by atoms with van der Waals surface area (Å²) in [7, 11) is -4.08. The van der Waals surface area contributed by atoms with Crippen molar-refractivity contribution >= 4 is 25.3 Å². The summed E-state index contributed by atoms with van der Waals surface area (Å²) in [5, 5.41) is 10.6. The van der Waals surface area contributed by atoms with E-state index in [-0.39, 0.29) is 16.8 Å². The average molecular weight is 433 g/mol. The molecule has 2 aromatic carbocycles. The molecule has 2 aromatic rings. The van der Waals surface area contributed by atoms with E-state index in [2.05, 4.69) is 0 Å². The Hall–Kier alpha value is -2.80. The molecule has 30 heavy (non-hydrogen) atoms. The first-order chi connectivity index (χ1) is 14.1. The third-order valence-electron chi connectivity index (χ3n) is 3.56. The SMILES string of the molecule is CC(C)OP(=O)(OC(C)C)/C(=C/c1ccc([N+](=O)[O-])cc1)C(=O)Oc1ccccc1. The van der Waals surface area contributed by atoms with Gasteiger partial charge >= 0.3 is 13.6 Å². The molecule has 0 atom stereocenters. The predicted octanol–water partition coefficient (Wildman–Crippen LogP) is 5.58. The van der Waals surface area contributed by atoms with E-state index >= 15 is 0 Å². The van der Waals surface area contributed by atoms with Gasteiger partial charge in [0.1, 0.15) is 11.1 Å². The van der Waals surface area contributed by atoms with Crippen molar-refractivity contribution < 1.29 is 28.1 Å². The van der Waals surface area contributed by atoms with Gasteiger partial charge < -0.3 is 13.8 Å². The van der Waals surface area contributed by atoms with Crippen LogP contribution in [0.3, 0.4) is 0 Å². The van der Waals surface area contributed by atoms with Crippen LogP contribution in [0, 0.1) is 10.1 Å². The van der Waals surface area contributed by atoms with Gasteiger partial charge in [-0.15, -0.1) is 0 Å². The number of hydrogen-bond donors (Lipinski definition) is 0. The summed E-state index contributed by atoms with van der Waals surface area (Å²) in [5.41, 5.74) is 0.293. The molecule has 0 aromatic heterocycles. The first-order valence-corrected chi connectivity index (χ1v) is 10.9. The van der Waals surface area contributed by atoms with Crippen LogP contribution in [-0.4, -0.2) is 23.1 Å². The first-order valence-electron chi connectivity index (χ1n) is 9.31. The molecular weight excluding hydrogens is 409 g/mol. The first kappa shape index (κ1) is 23.5. The molecule has 0 saturated carbocycles. The van der Waals surface area contributed by atoms with Crippen molar-refractivity contribution in [3.63, 3.8) is 0 Å². The third kappa shape index (κ3) is 6.62. The van der Waals surface area contributed by atoms with Crippen molar-refractivity contribution in [2.75, 3.05) is 0 Å². The molecule has 160 valence electrons. The summed E-state index contributed by atoms with van der Waals surface area (Å²) in [6, 6.07) is 13.7. The van der Waals surface area contributed by atoms with Gasteiger partial charge in [-0.1, -0.05) is 18.2 Å². The summed E-state index contributed by atoms with van der Waals surface area (Å²) in [6.45, 7) is 6.68. The molecule has 2 rings (SSSR count). The Morgan fingerprint density at radius 1 is 0.967 bits per heavy atom. The second-order valence-corrected chi connectivity index (χ2v) is 8.78. The number of non-ortho nitro benzene ring substituents is 1. The van der Waals surface area contributed by atoms with Crippen molar-refractivity contribution in [1.29, 1.82) is 0 Å². The molecule has 0 spiro atoms. The highest BCUT2D eigenvalue weighted by Gasteiger charge is 2.39. The van der Waals surface area contributed by atoms with E-state index in [4.69, 9.17) is 13.8 Å². The second-order valence-electron chi connectivity index (χ2n) is 6.89. The Kier molecular flexibility index (Phi) is 8.06. The highest BCUT2D eigenvalue weighted by atomic mass is 31.2. The normalized spacial score (nSPS) is 12.3. The number of nitrogens with zero attached hydrogens (tertiary/aromatic N) is 1. The average Bonchev–Trinajstić information content (AvgIpc) is 2.65. The molecule has 0 aliphatic heterocycles. The van der Waals surface area contributed by atoms with E-state index in [1.165, 1.54) is 30.3 Å². The zero-order valence-electron chi connectivity index (χ0n) is 17.2. The molecule has 0 saturated heterocycles. The van der Waals surface area contributed by atoms with Gasteiger partial charge in [0.25, 0.3) is 5.69 Å². The number of ether oxygens (including phenoxy) is 1. The molecular formula is C21H24NO7P. The van der Waals surface area contributed by atoms with E-state index in [9.17, 15) is 19.5 Å². The van der Waals surface area contributed by atoms with Crippen molar-refractivity contribution in [2.45, 2.75) is 39.9 Å². The van der Waals surface area contributed by atoms with Gasteiger partial charge in [0, 0.05) is 12.1 Å². The number of esters is 1. The van der Waals surface area contributed by atoms with E-state index in [0.717, 1.165) is 0 Å². The summed E-state index contributed by atoms with van der Waals surface area (Å²) < 4.78 is 30.1. The summed E-state index contributed by atoms with van der Waals surface area (Å²) >= 11 is 0. The number of nitro benzene ring substituents is 1. The van der Waals surface area contributed by atoms with Crippen LogP contribution >= 0.6 is 7.60 Å². The highest BCUT2D eigenvalue weighted by Crippen LogP contribution is 2.58. The number of carbonyl (C=O) groups excluding carboxylic acids is 1. The highest BCUT2D eigenvalue weighted by molar-refractivity contribution is 7.60. The van der Waals surface area contributed by atoms with Gasteiger partial charge in [-0.25, -0.2) is 4.79 Å². The Morgan fingerprint density at radius 2 is 1.50 bits per heavy atom. The number of hydrogen-bond acceptors (Lipinski definition) is 7. The molecule has 0 radical (unpaired) electrons. The minimum atomic E-state index is -4.08. The fourth-order valence-electron chi connectivity index (χ4n) is 2.44. The molecule has 0 fully saturated rings. The lowest BCUT2D eigenvalue weighted by Crippen LogP contribution is -2.17. The number of rotatable bonds is 9. The fraction of sp³-hybridized carbons (Fsp3) is 0.286. The van der Waals surface area contributed by atoms with Crippen LogP contribution in [0.1, 0.15) is 33.3 Å². The molecule has 9 heteroatoms. The van der Waals surface area contributed by atoms with E-state index in [1.807, 2.05) is 0 Å². The monoisotopic (exact) mass is 433 g/mol. The Balaban J connectivity index is 2.52. The molecule has 0 bridgehead atoms. The second kappa shape index (κ2) is 10.3. The summed E-state index contributed by atoms with van der Waals surface area (Å²) in [6.07, 6.45) is 0.305.